The maximum Gasteiger partial charge on any atom is 0.272 e. The van der Waals surface area contributed by atoms with E-state index in [1.54, 1.807) is 25.6 Å². The minimum atomic E-state index is -0.298. The van der Waals surface area contributed by atoms with Crippen molar-refractivity contribution in [2.24, 2.45) is 5.92 Å². The highest BCUT2D eigenvalue weighted by molar-refractivity contribution is 7.15. The lowest BCUT2D eigenvalue weighted by molar-refractivity contribution is 0.0234. The van der Waals surface area contributed by atoms with Crippen LogP contribution in [0.5, 0.6) is 5.88 Å². The molecule has 0 bridgehead atoms. The number of nitrogens with one attached hydrogen (secondary N) is 1. The van der Waals surface area contributed by atoms with Crippen LogP contribution in [-0.2, 0) is 0 Å². The lowest BCUT2D eigenvalue weighted by Gasteiger charge is -2.38. The molecule has 0 radical (unpaired) electrons. The molecule has 3 aromatic rings. The molecule has 0 aromatic carbocycles. The molecule has 3 aromatic heterocycles. The third-order valence-corrected chi connectivity index (χ3v) is 5.33. The Balaban J connectivity index is 1.56. The molecule has 25 heavy (non-hydrogen) atoms. The summed E-state index contributed by atoms with van der Waals surface area (Å²) in [5.41, 5.74) is 1.28. The van der Waals surface area contributed by atoms with Crippen LogP contribution in [0.2, 0.25) is 0 Å². The molecule has 1 atom stereocenters. The zero-order valence-corrected chi connectivity index (χ0v) is 14.4. The van der Waals surface area contributed by atoms with E-state index >= 15 is 0 Å². The monoisotopic (exact) mass is 358 g/mol. The molecule has 1 aliphatic rings. The van der Waals surface area contributed by atoms with Crippen LogP contribution in [0.3, 0.4) is 0 Å². The van der Waals surface area contributed by atoms with Gasteiger partial charge in [-0.25, -0.2) is 9.97 Å². The lowest BCUT2D eigenvalue weighted by Crippen LogP contribution is -2.41. The Bertz CT molecular complexity index is 854. The molecule has 0 spiro atoms. The van der Waals surface area contributed by atoms with E-state index in [2.05, 4.69) is 15.3 Å². The summed E-state index contributed by atoms with van der Waals surface area (Å²) in [6, 6.07) is 3.46. The standard InChI is InChI=1S/C17H18N4O3S/c1-24-14-3-2-10(8-18-14)15(11-6-12(22)7-11)20-16(23)13-9-21-4-5-25-17(21)19-13/h2-5,8-9,11-12,15,22H,6-7H2,1H3,(H,20,23). The van der Waals surface area contributed by atoms with E-state index in [9.17, 15) is 9.90 Å². The summed E-state index contributed by atoms with van der Waals surface area (Å²) in [7, 11) is 1.56. The summed E-state index contributed by atoms with van der Waals surface area (Å²) in [5.74, 6) is 0.479. The van der Waals surface area contributed by atoms with Crippen molar-refractivity contribution >= 4 is 22.2 Å². The van der Waals surface area contributed by atoms with Crippen LogP contribution >= 0.6 is 11.3 Å². The number of ether oxygens (including phenoxy) is 1. The summed E-state index contributed by atoms with van der Waals surface area (Å²) in [6.45, 7) is 0. The Labute approximate surface area is 148 Å². The van der Waals surface area contributed by atoms with E-state index in [-0.39, 0.29) is 24.0 Å². The number of carbonyl (C=O) groups excluding carboxylic acids is 1. The molecule has 1 aliphatic carbocycles. The number of pyridine rings is 1. The topological polar surface area (TPSA) is 88.8 Å². The molecule has 2 N–H and O–H groups in total. The summed E-state index contributed by atoms with van der Waals surface area (Å²) >= 11 is 1.48. The van der Waals surface area contributed by atoms with Gasteiger partial charge in [0.25, 0.3) is 5.91 Å². The number of amides is 1. The van der Waals surface area contributed by atoms with Crippen LogP contribution in [0.25, 0.3) is 4.96 Å². The van der Waals surface area contributed by atoms with Crippen LogP contribution in [0.4, 0.5) is 0 Å². The number of aliphatic hydroxyl groups excluding tert-OH is 1. The van der Waals surface area contributed by atoms with Crippen LogP contribution in [0.15, 0.2) is 36.1 Å². The Morgan fingerprint density at radius 2 is 2.32 bits per heavy atom. The van der Waals surface area contributed by atoms with Gasteiger partial charge < -0.3 is 15.2 Å². The molecule has 130 valence electrons. The smallest absolute Gasteiger partial charge is 0.272 e. The number of aliphatic hydroxyl groups is 1. The molecule has 1 fully saturated rings. The third-order valence-electron chi connectivity index (χ3n) is 4.56. The second-order valence-corrected chi connectivity index (χ2v) is 7.06. The Hall–Kier alpha value is -2.45. The minimum absolute atomic E-state index is 0.179. The van der Waals surface area contributed by atoms with Gasteiger partial charge in [0.1, 0.15) is 5.69 Å². The molecular formula is C17H18N4O3S. The summed E-state index contributed by atoms with van der Waals surface area (Å²) in [5, 5.41) is 14.6. The van der Waals surface area contributed by atoms with Gasteiger partial charge >= 0.3 is 0 Å². The van der Waals surface area contributed by atoms with Gasteiger partial charge in [-0.05, 0) is 24.3 Å². The Kier molecular flexibility index (Phi) is 4.14. The van der Waals surface area contributed by atoms with Crippen LogP contribution in [0.1, 0.15) is 34.9 Å². The predicted octanol–water partition coefficient (Wildman–Crippen LogP) is 2.04. The molecule has 7 nitrogen and oxygen atoms in total. The number of hydrogen-bond donors (Lipinski definition) is 2. The van der Waals surface area contributed by atoms with Gasteiger partial charge in [0.05, 0.1) is 19.3 Å². The van der Waals surface area contributed by atoms with Crippen molar-refractivity contribution in [3.8, 4) is 5.88 Å². The first-order chi connectivity index (χ1) is 12.1. The van der Waals surface area contributed by atoms with Crippen LogP contribution < -0.4 is 10.1 Å². The highest BCUT2D eigenvalue weighted by atomic mass is 32.1. The number of methoxy groups -OCH3 is 1. The SMILES string of the molecule is COc1ccc(C(NC(=O)c2cn3ccsc3n2)C2CC(O)C2)cn1. The number of aromatic nitrogens is 3. The minimum Gasteiger partial charge on any atom is -0.481 e. The largest absolute Gasteiger partial charge is 0.481 e. The fraction of sp³-hybridized carbons (Fsp3) is 0.353. The van der Waals surface area contributed by atoms with Crippen LogP contribution in [-0.4, -0.2) is 38.6 Å². The first-order valence-corrected chi connectivity index (χ1v) is 8.93. The summed E-state index contributed by atoms with van der Waals surface area (Å²) in [6.07, 6.45) is 6.33. The van der Waals surface area contributed by atoms with E-state index in [0.717, 1.165) is 10.5 Å². The second-order valence-electron chi connectivity index (χ2n) is 6.19. The number of carbonyl (C=O) groups is 1. The van der Waals surface area contributed by atoms with Crippen molar-refractivity contribution in [3.05, 3.63) is 47.4 Å². The first kappa shape index (κ1) is 16.0. The van der Waals surface area contributed by atoms with Gasteiger partial charge in [-0.2, -0.15) is 0 Å². The Morgan fingerprint density at radius 1 is 1.48 bits per heavy atom. The first-order valence-electron chi connectivity index (χ1n) is 8.05. The van der Waals surface area contributed by atoms with E-state index in [1.165, 1.54) is 11.3 Å². The van der Waals surface area contributed by atoms with Crippen molar-refractivity contribution < 1.29 is 14.6 Å². The third kappa shape index (κ3) is 3.10. The number of fused-ring (bicyclic) bond motifs is 1. The number of rotatable bonds is 5. The van der Waals surface area contributed by atoms with Crippen molar-refractivity contribution in [2.75, 3.05) is 7.11 Å². The van der Waals surface area contributed by atoms with Gasteiger partial charge in [-0.3, -0.25) is 9.20 Å². The summed E-state index contributed by atoms with van der Waals surface area (Å²) < 4.78 is 6.92. The number of nitrogens with zero attached hydrogens (tertiary/aromatic N) is 3. The molecule has 3 heterocycles. The fourth-order valence-electron chi connectivity index (χ4n) is 3.12. The fourth-order valence-corrected chi connectivity index (χ4v) is 3.82. The Morgan fingerprint density at radius 3 is 2.96 bits per heavy atom. The molecule has 0 saturated heterocycles. The average Bonchev–Trinajstić information content (AvgIpc) is 3.19. The quantitative estimate of drug-likeness (QED) is 0.729. The molecule has 8 heteroatoms. The summed E-state index contributed by atoms with van der Waals surface area (Å²) in [4.78, 5) is 22.0. The van der Waals surface area contributed by atoms with Gasteiger partial charge in [0.15, 0.2) is 4.96 Å². The molecule has 4 rings (SSSR count). The normalized spacial score (nSPS) is 20.9. The van der Waals surface area contributed by atoms with Gasteiger partial charge in [-0.15, -0.1) is 11.3 Å². The maximum atomic E-state index is 12.7. The molecule has 0 aliphatic heterocycles. The molecule has 1 saturated carbocycles. The lowest BCUT2D eigenvalue weighted by atomic mass is 9.75. The van der Waals surface area contributed by atoms with E-state index in [4.69, 9.17) is 4.74 Å². The van der Waals surface area contributed by atoms with Crippen molar-refractivity contribution in [2.45, 2.75) is 25.0 Å². The van der Waals surface area contributed by atoms with Gasteiger partial charge in [0, 0.05) is 30.0 Å². The van der Waals surface area contributed by atoms with Crippen molar-refractivity contribution in [1.29, 1.82) is 0 Å². The predicted molar refractivity (Wildman–Crippen MR) is 92.8 cm³/mol. The van der Waals surface area contributed by atoms with E-state index < -0.39 is 0 Å². The van der Waals surface area contributed by atoms with E-state index in [1.807, 2.05) is 22.0 Å². The second kappa shape index (κ2) is 6.45. The maximum absolute atomic E-state index is 12.7. The van der Waals surface area contributed by atoms with E-state index in [0.29, 0.717) is 24.4 Å². The number of imidazole rings is 1. The zero-order valence-electron chi connectivity index (χ0n) is 13.6. The van der Waals surface area contributed by atoms with Gasteiger partial charge in [0.2, 0.25) is 5.88 Å². The number of hydrogen-bond acceptors (Lipinski definition) is 6. The van der Waals surface area contributed by atoms with Crippen molar-refractivity contribution in [3.63, 3.8) is 0 Å². The zero-order chi connectivity index (χ0) is 17.4. The average molecular weight is 358 g/mol. The molecule has 1 amide bonds. The molecular weight excluding hydrogens is 340 g/mol. The highest BCUT2D eigenvalue weighted by Crippen LogP contribution is 2.38. The van der Waals surface area contributed by atoms with Crippen molar-refractivity contribution in [1.82, 2.24) is 19.7 Å². The number of thiazole rings is 1. The van der Waals surface area contributed by atoms with Gasteiger partial charge in [-0.1, -0.05) is 6.07 Å². The van der Waals surface area contributed by atoms with Crippen LogP contribution in [0, 0.1) is 5.92 Å². The highest BCUT2D eigenvalue weighted by Gasteiger charge is 2.36. The molecule has 1 unspecified atom stereocenters.